The molecule has 30 heavy (non-hydrogen) atoms. The fourth-order valence-electron chi connectivity index (χ4n) is 4.43. The lowest BCUT2D eigenvalue weighted by molar-refractivity contribution is -0.142. The quantitative estimate of drug-likeness (QED) is 0.663. The predicted molar refractivity (Wildman–Crippen MR) is 103 cm³/mol. The molecule has 0 radical (unpaired) electrons. The second-order valence-electron chi connectivity index (χ2n) is 7.80. The Morgan fingerprint density at radius 3 is 2.77 bits per heavy atom. The fourth-order valence-corrected chi connectivity index (χ4v) is 4.43. The number of phenols is 1. The van der Waals surface area contributed by atoms with Crippen LogP contribution in [-0.4, -0.2) is 31.6 Å². The van der Waals surface area contributed by atoms with E-state index in [1.54, 1.807) is 29.4 Å². The molecule has 5 rings (SSSR count). The minimum atomic E-state index is -4.52. The lowest BCUT2D eigenvalue weighted by Gasteiger charge is -2.33. The molecule has 1 aliphatic carbocycles. The van der Waals surface area contributed by atoms with Gasteiger partial charge in [0.2, 0.25) is 5.95 Å². The Balaban J connectivity index is 1.58. The van der Waals surface area contributed by atoms with E-state index in [0.29, 0.717) is 31.6 Å². The van der Waals surface area contributed by atoms with Crippen LogP contribution in [0.5, 0.6) is 5.75 Å². The predicted octanol–water partition coefficient (Wildman–Crippen LogP) is 3.96. The number of rotatable bonds is 2. The highest BCUT2D eigenvalue weighted by Crippen LogP contribution is 2.38. The summed E-state index contributed by atoms with van der Waals surface area (Å²) in [6.07, 6.45) is -0.484. The van der Waals surface area contributed by atoms with Gasteiger partial charge in [0.15, 0.2) is 5.69 Å². The number of phenolic OH excluding ortho intramolecular Hbond substituents is 1. The lowest BCUT2D eigenvalue weighted by atomic mass is 9.91. The summed E-state index contributed by atoms with van der Waals surface area (Å²) in [5.41, 5.74) is 2.40. The van der Waals surface area contributed by atoms with Crippen LogP contribution < -0.4 is 4.90 Å². The standard InChI is InChI=1S/C21H20F3N5O/c22-21(23,24)19-14-6-1-2-7-16(14)27-20(28-19)29-9-15(12-4-3-5-13(30)8-12)18-17(10-29)25-11-26-18/h3-5,8,11,15,30H,1-2,6-7,9-10H2,(H,25,26). The van der Waals surface area contributed by atoms with Gasteiger partial charge in [-0.25, -0.2) is 15.0 Å². The topological polar surface area (TPSA) is 77.9 Å². The summed E-state index contributed by atoms with van der Waals surface area (Å²) >= 11 is 0. The first-order valence-corrected chi connectivity index (χ1v) is 9.93. The fraction of sp³-hybridized carbons (Fsp3) is 0.381. The summed E-state index contributed by atoms with van der Waals surface area (Å²) in [6, 6.07) is 6.85. The van der Waals surface area contributed by atoms with Crippen molar-refractivity contribution in [2.24, 2.45) is 0 Å². The van der Waals surface area contributed by atoms with Crippen molar-refractivity contribution < 1.29 is 18.3 Å². The largest absolute Gasteiger partial charge is 0.508 e. The Labute approximate surface area is 170 Å². The molecule has 1 aromatic carbocycles. The van der Waals surface area contributed by atoms with Crippen molar-refractivity contribution in [2.75, 3.05) is 11.4 Å². The van der Waals surface area contributed by atoms with E-state index in [1.807, 2.05) is 6.07 Å². The molecule has 0 spiro atoms. The van der Waals surface area contributed by atoms with Gasteiger partial charge in [-0.05, 0) is 43.4 Å². The zero-order valence-corrected chi connectivity index (χ0v) is 16.1. The number of fused-ring (bicyclic) bond motifs is 2. The Hall–Kier alpha value is -3.10. The summed E-state index contributed by atoms with van der Waals surface area (Å²) in [5, 5.41) is 9.89. The number of nitrogens with one attached hydrogen (secondary N) is 1. The maximum Gasteiger partial charge on any atom is 0.433 e. The highest BCUT2D eigenvalue weighted by molar-refractivity contribution is 5.46. The monoisotopic (exact) mass is 415 g/mol. The number of aromatic nitrogens is 4. The first-order valence-electron chi connectivity index (χ1n) is 9.93. The molecule has 2 aliphatic rings. The van der Waals surface area contributed by atoms with Crippen molar-refractivity contribution in [3.8, 4) is 5.75 Å². The van der Waals surface area contributed by atoms with Crippen LogP contribution in [0.15, 0.2) is 30.6 Å². The molecule has 1 aliphatic heterocycles. The number of imidazole rings is 1. The second kappa shape index (κ2) is 7.00. The first kappa shape index (κ1) is 18.9. The van der Waals surface area contributed by atoms with E-state index in [-0.39, 0.29) is 23.2 Å². The van der Waals surface area contributed by atoms with Gasteiger partial charge in [0.1, 0.15) is 5.75 Å². The van der Waals surface area contributed by atoms with Gasteiger partial charge in [0, 0.05) is 23.7 Å². The van der Waals surface area contributed by atoms with Crippen LogP contribution in [0.4, 0.5) is 19.1 Å². The van der Waals surface area contributed by atoms with Crippen LogP contribution >= 0.6 is 0 Å². The number of hydrogen-bond donors (Lipinski definition) is 2. The molecule has 2 aromatic heterocycles. The van der Waals surface area contributed by atoms with Crippen molar-refractivity contribution >= 4 is 5.95 Å². The Morgan fingerprint density at radius 1 is 1.13 bits per heavy atom. The van der Waals surface area contributed by atoms with Gasteiger partial charge < -0.3 is 15.0 Å². The van der Waals surface area contributed by atoms with Gasteiger partial charge in [-0.2, -0.15) is 13.2 Å². The maximum atomic E-state index is 13.7. The number of nitrogens with zero attached hydrogens (tertiary/aromatic N) is 4. The van der Waals surface area contributed by atoms with Crippen LogP contribution in [0.1, 0.15) is 52.7 Å². The smallest absolute Gasteiger partial charge is 0.433 e. The summed E-state index contributed by atoms with van der Waals surface area (Å²) in [6.45, 7) is 0.720. The molecule has 2 N–H and O–H groups in total. The number of hydrogen-bond acceptors (Lipinski definition) is 5. The average Bonchev–Trinajstić information content (AvgIpc) is 3.20. The summed E-state index contributed by atoms with van der Waals surface area (Å²) in [5.74, 6) is 0.000504. The summed E-state index contributed by atoms with van der Waals surface area (Å²) < 4.78 is 41.2. The Bertz CT molecular complexity index is 1090. The van der Waals surface area contributed by atoms with Gasteiger partial charge in [0.05, 0.1) is 24.3 Å². The van der Waals surface area contributed by atoms with E-state index in [9.17, 15) is 18.3 Å². The molecular weight excluding hydrogens is 395 g/mol. The van der Waals surface area contributed by atoms with E-state index in [0.717, 1.165) is 29.8 Å². The second-order valence-corrected chi connectivity index (χ2v) is 7.80. The Kier molecular flexibility index (Phi) is 4.41. The van der Waals surface area contributed by atoms with Gasteiger partial charge >= 0.3 is 6.18 Å². The van der Waals surface area contributed by atoms with Gasteiger partial charge in [-0.3, -0.25) is 0 Å². The molecular formula is C21H20F3N5O. The van der Waals surface area contributed by atoms with Crippen LogP contribution in [0.2, 0.25) is 0 Å². The van der Waals surface area contributed by atoms with E-state index >= 15 is 0 Å². The number of alkyl halides is 3. The van der Waals surface area contributed by atoms with E-state index in [4.69, 9.17) is 0 Å². The van der Waals surface area contributed by atoms with Crippen molar-refractivity contribution in [3.05, 3.63) is 64.5 Å². The molecule has 0 fully saturated rings. The normalized spacial score (nSPS) is 18.8. The molecule has 3 heterocycles. The highest BCUT2D eigenvalue weighted by atomic mass is 19.4. The third-order valence-electron chi connectivity index (χ3n) is 5.83. The molecule has 0 bridgehead atoms. The maximum absolute atomic E-state index is 13.7. The third kappa shape index (κ3) is 3.28. The molecule has 0 saturated carbocycles. The SMILES string of the molecule is Oc1cccc(C2CN(c3nc4c(c(C(F)(F)F)n3)CCCC4)Cc3[nH]cnc32)c1. The third-order valence-corrected chi connectivity index (χ3v) is 5.83. The van der Waals surface area contributed by atoms with Gasteiger partial charge in [0.25, 0.3) is 0 Å². The lowest BCUT2D eigenvalue weighted by Crippen LogP contribution is -2.36. The minimum absolute atomic E-state index is 0.0911. The van der Waals surface area contributed by atoms with Crippen molar-refractivity contribution in [3.63, 3.8) is 0 Å². The first-order chi connectivity index (χ1) is 14.4. The molecule has 156 valence electrons. The number of halogens is 3. The summed E-state index contributed by atoms with van der Waals surface area (Å²) in [4.78, 5) is 17.8. The molecule has 0 saturated heterocycles. The van der Waals surface area contributed by atoms with Gasteiger partial charge in [-0.1, -0.05) is 12.1 Å². The van der Waals surface area contributed by atoms with Crippen molar-refractivity contribution in [2.45, 2.75) is 44.3 Å². The molecule has 3 aromatic rings. The van der Waals surface area contributed by atoms with Crippen LogP contribution in [0.3, 0.4) is 0 Å². The number of aryl methyl sites for hydroxylation is 1. The van der Waals surface area contributed by atoms with Crippen LogP contribution in [0.25, 0.3) is 0 Å². The van der Waals surface area contributed by atoms with E-state index in [1.165, 1.54) is 0 Å². The molecule has 1 atom stereocenters. The number of H-pyrrole nitrogens is 1. The zero-order chi connectivity index (χ0) is 20.9. The average molecular weight is 415 g/mol. The van der Waals surface area contributed by atoms with Crippen molar-refractivity contribution in [1.29, 1.82) is 0 Å². The van der Waals surface area contributed by atoms with E-state index < -0.39 is 11.9 Å². The van der Waals surface area contributed by atoms with E-state index in [2.05, 4.69) is 19.9 Å². The molecule has 1 unspecified atom stereocenters. The number of aromatic amines is 1. The Morgan fingerprint density at radius 2 is 1.97 bits per heavy atom. The zero-order valence-electron chi connectivity index (χ0n) is 16.1. The number of benzene rings is 1. The van der Waals surface area contributed by atoms with Crippen LogP contribution in [0, 0.1) is 0 Å². The molecule has 9 heteroatoms. The minimum Gasteiger partial charge on any atom is -0.508 e. The molecule has 6 nitrogen and oxygen atoms in total. The number of aromatic hydroxyl groups is 1. The van der Waals surface area contributed by atoms with Crippen LogP contribution in [-0.2, 0) is 25.6 Å². The summed E-state index contributed by atoms with van der Waals surface area (Å²) in [7, 11) is 0. The molecule has 0 amide bonds. The number of anilines is 1. The van der Waals surface area contributed by atoms with Crippen molar-refractivity contribution in [1.82, 2.24) is 19.9 Å². The highest BCUT2D eigenvalue weighted by Gasteiger charge is 2.39. The van der Waals surface area contributed by atoms with Gasteiger partial charge in [-0.15, -0.1) is 0 Å².